The fourth-order valence-corrected chi connectivity index (χ4v) is 2.88. The highest BCUT2D eigenvalue weighted by molar-refractivity contribution is 8.00. The molecule has 5 heteroatoms. The van der Waals surface area contributed by atoms with Crippen molar-refractivity contribution < 1.29 is 14.3 Å². The average molecular weight is 331 g/mol. The monoisotopic (exact) mass is 331 g/mol. The molecule has 0 fully saturated rings. The predicted octanol–water partition coefficient (Wildman–Crippen LogP) is 3.67. The van der Waals surface area contributed by atoms with Crippen molar-refractivity contribution in [3.05, 3.63) is 54.1 Å². The highest BCUT2D eigenvalue weighted by Crippen LogP contribution is 2.29. The molecule has 0 radical (unpaired) electrons. The van der Waals surface area contributed by atoms with E-state index in [0.717, 1.165) is 10.5 Å². The molecule has 0 saturated carbocycles. The van der Waals surface area contributed by atoms with E-state index in [0.29, 0.717) is 17.3 Å². The lowest BCUT2D eigenvalue weighted by Crippen LogP contribution is -2.28. The molecule has 0 aliphatic rings. The number of methoxy groups -OCH3 is 2. The third-order valence-electron chi connectivity index (χ3n) is 3.40. The Morgan fingerprint density at radius 1 is 1.09 bits per heavy atom. The van der Waals surface area contributed by atoms with Gasteiger partial charge in [0.1, 0.15) is 0 Å². The van der Waals surface area contributed by atoms with E-state index in [9.17, 15) is 4.79 Å². The van der Waals surface area contributed by atoms with E-state index in [-0.39, 0.29) is 11.9 Å². The molecule has 0 unspecified atom stereocenters. The Morgan fingerprint density at radius 3 is 2.43 bits per heavy atom. The summed E-state index contributed by atoms with van der Waals surface area (Å²) < 4.78 is 10.5. The van der Waals surface area contributed by atoms with Gasteiger partial charge in [0, 0.05) is 4.90 Å². The van der Waals surface area contributed by atoms with E-state index >= 15 is 0 Å². The first kappa shape index (κ1) is 17.2. The summed E-state index contributed by atoms with van der Waals surface area (Å²) >= 11 is 1.52. The number of rotatable bonds is 7. The average Bonchev–Trinajstić information content (AvgIpc) is 2.60. The Balaban J connectivity index is 1.93. The number of nitrogens with one attached hydrogen (secondary N) is 1. The Bertz CT molecular complexity index is 646. The van der Waals surface area contributed by atoms with Gasteiger partial charge >= 0.3 is 0 Å². The van der Waals surface area contributed by atoms with Crippen molar-refractivity contribution in [3.63, 3.8) is 0 Å². The fourth-order valence-electron chi connectivity index (χ4n) is 2.15. The minimum Gasteiger partial charge on any atom is -0.493 e. The molecule has 2 aromatic carbocycles. The maximum atomic E-state index is 12.1. The standard InChI is InChI=1S/C18H21NO3S/c1-13(14-9-10-16(21-2)17(11-14)22-3)19-18(20)12-23-15-7-5-4-6-8-15/h4-11,13H,12H2,1-3H3,(H,19,20)/t13-/m1/s1. The van der Waals surface area contributed by atoms with Crippen molar-refractivity contribution in [1.29, 1.82) is 0 Å². The van der Waals surface area contributed by atoms with Crippen LogP contribution in [0.5, 0.6) is 11.5 Å². The number of carbonyl (C=O) groups is 1. The summed E-state index contributed by atoms with van der Waals surface area (Å²) in [6.07, 6.45) is 0. The maximum absolute atomic E-state index is 12.1. The van der Waals surface area contributed by atoms with Gasteiger partial charge in [0.15, 0.2) is 11.5 Å². The van der Waals surface area contributed by atoms with Crippen molar-refractivity contribution in [3.8, 4) is 11.5 Å². The molecule has 0 saturated heterocycles. The molecule has 1 N–H and O–H groups in total. The highest BCUT2D eigenvalue weighted by atomic mass is 32.2. The van der Waals surface area contributed by atoms with E-state index in [1.54, 1.807) is 14.2 Å². The quantitative estimate of drug-likeness (QED) is 0.786. The Hall–Kier alpha value is -2.14. The zero-order valence-corrected chi connectivity index (χ0v) is 14.4. The zero-order valence-electron chi connectivity index (χ0n) is 13.5. The summed E-state index contributed by atoms with van der Waals surface area (Å²) in [5, 5.41) is 3.00. The van der Waals surface area contributed by atoms with Gasteiger partial charge in [0.25, 0.3) is 0 Å². The van der Waals surface area contributed by atoms with Crippen LogP contribution in [0.4, 0.5) is 0 Å². The molecule has 23 heavy (non-hydrogen) atoms. The lowest BCUT2D eigenvalue weighted by Gasteiger charge is -2.16. The first-order valence-electron chi connectivity index (χ1n) is 7.33. The van der Waals surface area contributed by atoms with Gasteiger partial charge in [-0.2, -0.15) is 0 Å². The van der Waals surface area contributed by atoms with E-state index in [1.807, 2.05) is 55.5 Å². The first-order chi connectivity index (χ1) is 11.1. The predicted molar refractivity (Wildman–Crippen MR) is 93.3 cm³/mol. The van der Waals surface area contributed by atoms with Crippen LogP contribution in [-0.2, 0) is 4.79 Å². The molecule has 0 aliphatic carbocycles. The van der Waals surface area contributed by atoms with Crippen LogP contribution in [0.1, 0.15) is 18.5 Å². The SMILES string of the molecule is COc1ccc([C@@H](C)NC(=O)CSc2ccccc2)cc1OC. The summed E-state index contributed by atoms with van der Waals surface area (Å²) in [4.78, 5) is 13.2. The summed E-state index contributed by atoms with van der Waals surface area (Å²) in [7, 11) is 3.20. The Labute approximate surface area is 141 Å². The minimum atomic E-state index is -0.0984. The third-order valence-corrected chi connectivity index (χ3v) is 4.41. The number of carbonyl (C=O) groups excluding carboxylic acids is 1. The smallest absolute Gasteiger partial charge is 0.230 e. The summed E-state index contributed by atoms with van der Waals surface area (Å²) in [5.41, 5.74) is 0.973. The second kappa shape index (κ2) is 8.48. The van der Waals surface area contributed by atoms with Crippen molar-refractivity contribution in [2.75, 3.05) is 20.0 Å². The molecular weight excluding hydrogens is 310 g/mol. The molecule has 0 spiro atoms. The summed E-state index contributed by atoms with van der Waals surface area (Å²) in [5.74, 6) is 1.72. The third kappa shape index (κ3) is 4.93. The van der Waals surface area contributed by atoms with E-state index in [4.69, 9.17) is 9.47 Å². The molecule has 0 aliphatic heterocycles. The second-order valence-corrected chi connectivity index (χ2v) is 6.05. The molecule has 1 atom stereocenters. The van der Waals surface area contributed by atoms with Crippen LogP contribution in [0.3, 0.4) is 0 Å². The van der Waals surface area contributed by atoms with Crippen LogP contribution < -0.4 is 14.8 Å². The van der Waals surface area contributed by atoms with Gasteiger partial charge in [-0.3, -0.25) is 4.79 Å². The minimum absolute atomic E-state index is 0.00105. The largest absolute Gasteiger partial charge is 0.493 e. The maximum Gasteiger partial charge on any atom is 0.230 e. The topological polar surface area (TPSA) is 47.6 Å². The molecule has 122 valence electrons. The normalized spacial score (nSPS) is 11.6. The number of hydrogen-bond donors (Lipinski definition) is 1. The molecule has 0 aromatic heterocycles. The number of hydrogen-bond acceptors (Lipinski definition) is 4. The zero-order chi connectivity index (χ0) is 16.7. The van der Waals surface area contributed by atoms with Crippen LogP contribution in [0, 0.1) is 0 Å². The molecule has 2 aromatic rings. The van der Waals surface area contributed by atoms with Crippen molar-refractivity contribution in [2.24, 2.45) is 0 Å². The van der Waals surface area contributed by atoms with Gasteiger partial charge in [-0.15, -0.1) is 11.8 Å². The van der Waals surface area contributed by atoms with Crippen LogP contribution in [-0.4, -0.2) is 25.9 Å². The fraction of sp³-hybridized carbons (Fsp3) is 0.278. The van der Waals surface area contributed by atoms with Crippen molar-refractivity contribution in [2.45, 2.75) is 17.9 Å². The second-order valence-electron chi connectivity index (χ2n) is 5.01. The molecule has 4 nitrogen and oxygen atoms in total. The molecule has 0 heterocycles. The van der Waals surface area contributed by atoms with Crippen molar-refractivity contribution >= 4 is 17.7 Å². The van der Waals surface area contributed by atoms with Crippen LogP contribution in [0.25, 0.3) is 0 Å². The number of amides is 1. The van der Waals surface area contributed by atoms with Crippen LogP contribution >= 0.6 is 11.8 Å². The first-order valence-corrected chi connectivity index (χ1v) is 8.31. The van der Waals surface area contributed by atoms with Gasteiger partial charge in [0.2, 0.25) is 5.91 Å². The molecule has 2 rings (SSSR count). The Kier molecular flexibility index (Phi) is 6.35. The van der Waals surface area contributed by atoms with Gasteiger partial charge in [0.05, 0.1) is 26.0 Å². The van der Waals surface area contributed by atoms with Gasteiger partial charge in [-0.1, -0.05) is 24.3 Å². The molecule has 0 bridgehead atoms. The summed E-state index contributed by atoms with van der Waals surface area (Å²) in [6.45, 7) is 1.95. The lowest BCUT2D eigenvalue weighted by molar-refractivity contribution is -0.119. The van der Waals surface area contributed by atoms with Gasteiger partial charge in [-0.25, -0.2) is 0 Å². The van der Waals surface area contributed by atoms with E-state index in [1.165, 1.54) is 11.8 Å². The molecule has 1 amide bonds. The number of thioether (sulfide) groups is 1. The molecular formula is C18H21NO3S. The van der Waals surface area contributed by atoms with E-state index < -0.39 is 0 Å². The lowest BCUT2D eigenvalue weighted by atomic mass is 10.1. The van der Waals surface area contributed by atoms with Crippen LogP contribution in [0.15, 0.2) is 53.4 Å². The van der Waals surface area contributed by atoms with Crippen molar-refractivity contribution in [1.82, 2.24) is 5.32 Å². The highest BCUT2D eigenvalue weighted by Gasteiger charge is 2.13. The van der Waals surface area contributed by atoms with Gasteiger partial charge < -0.3 is 14.8 Å². The number of ether oxygens (including phenoxy) is 2. The summed E-state index contributed by atoms with van der Waals surface area (Å²) in [6, 6.07) is 15.4. The van der Waals surface area contributed by atoms with Crippen LogP contribution in [0.2, 0.25) is 0 Å². The Morgan fingerprint density at radius 2 is 1.78 bits per heavy atom. The van der Waals surface area contributed by atoms with E-state index in [2.05, 4.69) is 5.32 Å². The number of benzene rings is 2. The van der Waals surface area contributed by atoms with Gasteiger partial charge in [-0.05, 0) is 36.8 Å².